The highest BCUT2D eigenvalue weighted by molar-refractivity contribution is 9.10. The van der Waals surface area contributed by atoms with Crippen LogP contribution >= 0.6 is 15.9 Å². The molecule has 0 bridgehead atoms. The summed E-state index contributed by atoms with van der Waals surface area (Å²) in [6.45, 7) is 3.90. The van der Waals surface area contributed by atoms with E-state index in [0.29, 0.717) is 5.69 Å². The zero-order valence-electron chi connectivity index (χ0n) is 13.0. The van der Waals surface area contributed by atoms with Gasteiger partial charge in [0.1, 0.15) is 6.04 Å². The second kappa shape index (κ2) is 6.16. The van der Waals surface area contributed by atoms with E-state index in [1.807, 2.05) is 56.3 Å². The molecule has 1 saturated heterocycles. The highest BCUT2D eigenvalue weighted by atomic mass is 79.9. The predicted molar refractivity (Wildman–Crippen MR) is 94.6 cm³/mol. The van der Waals surface area contributed by atoms with Crippen LogP contribution in [0.3, 0.4) is 0 Å². The first kappa shape index (κ1) is 15.7. The molecule has 0 spiro atoms. The molecule has 4 nitrogen and oxygen atoms in total. The van der Waals surface area contributed by atoms with Crippen molar-refractivity contribution < 1.29 is 9.59 Å². The molecule has 0 radical (unpaired) electrons. The van der Waals surface area contributed by atoms with Crippen LogP contribution < -0.4 is 10.2 Å². The van der Waals surface area contributed by atoms with Crippen LogP contribution in [0.2, 0.25) is 0 Å². The van der Waals surface area contributed by atoms with E-state index in [1.54, 1.807) is 0 Å². The molecule has 3 rings (SSSR count). The van der Waals surface area contributed by atoms with Crippen molar-refractivity contribution in [3.05, 3.63) is 58.1 Å². The molecule has 0 unspecified atom stereocenters. The molecule has 0 aromatic heterocycles. The lowest BCUT2D eigenvalue weighted by Gasteiger charge is -2.19. The number of aryl methyl sites for hydroxylation is 1. The van der Waals surface area contributed by atoms with E-state index < -0.39 is 6.04 Å². The summed E-state index contributed by atoms with van der Waals surface area (Å²) in [5.41, 5.74) is 3.52. The fraction of sp³-hybridized carbons (Fsp3) is 0.222. The van der Waals surface area contributed by atoms with Crippen LogP contribution in [-0.4, -0.2) is 17.9 Å². The topological polar surface area (TPSA) is 49.4 Å². The number of hydrogen-bond donors (Lipinski definition) is 1. The van der Waals surface area contributed by atoms with Gasteiger partial charge in [0.15, 0.2) is 0 Å². The van der Waals surface area contributed by atoms with Gasteiger partial charge in [-0.15, -0.1) is 0 Å². The largest absolute Gasteiger partial charge is 0.373 e. The van der Waals surface area contributed by atoms with Crippen molar-refractivity contribution in [2.24, 2.45) is 0 Å². The first-order chi connectivity index (χ1) is 11.0. The Morgan fingerprint density at radius 2 is 1.78 bits per heavy atom. The third-order valence-corrected chi connectivity index (χ3v) is 4.68. The minimum Gasteiger partial charge on any atom is -0.373 e. The lowest BCUT2D eigenvalue weighted by atomic mass is 10.1. The van der Waals surface area contributed by atoms with E-state index in [9.17, 15) is 9.59 Å². The maximum Gasteiger partial charge on any atom is 0.256 e. The van der Waals surface area contributed by atoms with Crippen molar-refractivity contribution in [3.8, 4) is 0 Å². The van der Waals surface area contributed by atoms with Gasteiger partial charge in [0.05, 0.1) is 12.1 Å². The molecule has 2 aromatic rings. The summed E-state index contributed by atoms with van der Waals surface area (Å²) >= 11 is 3.38. The van der Waals surface area contributed by atoms with Crippen LogP contribution in [0.25, 0.3) is 0 Å². The first-order valence-corrected chi connectivity index (χ1v) is 8.22. The van der Waals surface area contributed by atoms with Crippen LogP contribution in [0.15, 0.2) is 46.9 Å². The number of rotatable bonds is 3. The van der Waals surface area contributed by atoms with E-state index in [1.165, 1.54) is 4.90 Å². The third-order valence-electron chi connectivity index (χ3n) is 4.15. The number of nitrogens with one attached hydrogen (secondary N) is 1. The molecule has 2 aromatic carbocycles. The molecular weight excluding hydrogens is 356 g/mol. The zero-order chi connectivity index (χ0) is 16.6. The average Bonchev–Trinajstić information content (AvgIpc) is 2.79. The monoisotopic (exact) mass is 372 g/mol. The van der Waals surface area contributed by atoms with E-state index in [4.69, 9.17) is 0 Å². The SMILES string of the molecule is Cc1cccc(N2C(=O)C[C@H](Nc3ccc(Br)cc3)C2=O)c1C. The molecule has 0 saturated carbocycles. The highest BCUT2D eigenvalue weighted by Gasteiger charge is 2.40. The molecule has 118 valence electrons. The van der Waals surface area contributed by atoms with Crippen molar-refractivity contribution >= 4 is 39.1 Å². The Hall–Kier alpha value is -2.14. The zero-order valence-corrected chi connectivity index (χ0v) is 14.6. The molecule has 1 aliphatic rings. The number of anilines is 2. The van der Waals surface area contributed by atoms with Gasteiger partial charge in [-0.1, -0.05) is 28.1 Å². The van der Waals surface area contributed by atoms with Gasteiger partial charge in [0.2, 0.25) is 5.91 Å². The van der Waals surface area contributed by atoms with Crippen molar-refractivity contribution in [2.45, 2.75) is 26.3 Å². The summed E-state index contributed by atoms with van der Waals surface area (Å²) in [6, 6.07) is 12.7. The minimum atomic E-state index is -0.524. The molecule has 2 amide bonds. The Bertz CT molecular complexity index is 771. The van der Waals surface area contributed by atoms with Gasteiger partial charge < -0.3 is 5.32 Å². The van der Waals surface area contributed by atoms with Gasteiger partial charge in [0, 0.05) is 10.2 Å². The van der Waals surface area contributed by atoms with E-state index in [-0.39, 0.29) is 18.2 Å². The number of benzene rings is 2. The molecule has 23 heavy (non-hydrogen) atoms. The second-order valence-corrected chi connectivity index (χ2v) is 6.61. The van der Waals surface area contributed by atoms with Gasteiger partial charge in [-0.2, -0.15) is 0 Å². The fourth-order valence-electron chi connectivity index (χ4n) is 2.72. The lowest BCUT2D eigenvalue weighted by Crippen LogP contribution is -2.35. The molecule has 5 heteroatoms. The highest BCUT2D eigenvalue weighted by Crippen LogP contribution is 2.29. The molecule has 1 heterocycles. The summed E-state index contributed by atoms with van der Waals surface area (Å²) < 4.78 is 0.967. The minimum absolute atomic E-state index is 0.168. The number of nitrogens with zero attached hydrogens (tertiary/aromatic N) is 1. The maximum absolute atomic E-state index is 12.7. The van der Waals surface area contributed by atoms with Crippen LogP contribution in [0.4, 0.5) is 11.4 Å². The van der Waals surface area contributed by atoms with Crippen LogP contribution in [-0.2, 0) is 9.59 Å². The van der Waals surface area contributed by atoms with Gasteiger partial charge in [0.25, 0.3) is 5.91 Å². The Labute approximate surface area is 143 Å². The van der Waals surface area contributed by atoms with Crippen molar-refractivity contribution in [1.82, 2.24) is 0 Å². The summed E-state index contributed by atoms with van der Waals surface area (Å²) in [6.07, 6.45) is 0.169. The summed E-state index contributed by atoms with van der Waals surface area (Å²) in [5, 5.41) is 3.15. The number of carbonyl (C=O) groups excluding carboxylic acids is 2. The smallest absolute Gasteiger partial charge is 0.256 e. The molecule has 1 aliphatic heterocycles. The number of imide groups is 1. The van der Waals surface area contributed by atoms with Gasteiger partial charge in [-0.25, -0.2) is 4.90 Å². The lowest BCUT2D eigenvalue weighted by molar-refractivity contribution is -0.121. The van der Waals surface area contributed by atoms with Crippen LogP contribution in [0.1, 0.15) is 17.5 Å². The second-order valence-electron chi connectivity index (χ2n) is 5.69. The maximum atomic E-state index is 12.7. The normalized spacial score (nSPS) is 17.7. The number of hydrogen-bond acceptors (Lipinski definition) is 3. The first-order valence-electron chi connectivity index (χ1n) is 7.42. The van der Waals surface area contributed by atoms with E-state index in [0.717, 1.165) is 21.3 Å². The van der Waals surface area contributed by atoms with Crippen LogP contribution in [0.5, 0.6) is 0 Å². The van der Waals surface area contributed by atoms with Gasteiger partial charge in [-0.3, -0.25) is 9.59 Å². The number of halogens is 1. The Morgan fingerprint density at radius 3 is 2.48 bits per heavy atom. The number of amides is 2. The van der Waals surface area contributed by atoms with Crippen molar-refractivity contribution in [1.29, 1.82) is 0 Å². The quantitative estimate of drug-likeness (QED) is 0.833. The summed E-state index contributed by atoms with van der Waals surface area (Å²) in [4.78, 5) is 26.3. The fourth-order valence-corrected chi connectivity index (χ4v) is 2.99. The van der Waals surface area contributed by atoms with Crippen molar-refractivity contribution in [3.63, 3.8) is 0 Å². The summed E-state index contributed by atoms with van der Waals surface area (Å²) in [5.74, 6) is -0.370. The van der Waals surface area contributed by atoms with Gasteiger partial charge in [-0.05, 0) is 55.3 Å². The van der Waals surface area contributed by atoms with E-state index in [2.05, 4.69) is 21.2 Å². The molecule has 1 atom stereocenters. The Morgan fingerprint density at radius 1 is 1.09 bits per heavy atom. The average molecular weight is 373 g/mol. The van der Waals surface area contributed by atoms with Gasteiger partial charge >= 0.3 is 0 Å². The molecule has 0 aliphatic carbocycles. The molecule has 1 fully saturated rings. The van der Waals surface area contributed by atoms with E-state index >= 15 is 0 Å². The standard InChI is InChI=1S/C18H17BrN2O2/c1-11-4-3-5-16(12(11)2)21-17(22)10-15(18(21)23)20-14-8-6-13(19)7-9-14/h3-9,15,20H,10H2,1-2H3/t15-/m0/s1. The number of carbonyl (C=O) groups is 2. The third kappa shape index (κ3) is 3.01. The summed E-state index contributed by atoms with van der Waals surface area (Å²) in [7, 11) is 0. The molecular formula is C18H17BrN2O2. The Balaban J connectivity index is 1.85. The molecule has 1 N–H and O–H groups in total. The van der Waals surface area contributed by atoms with Crippen molar-refractivity contribution in [2.75, 3.05) is 10.2 Å². The Kier molecular flexibility index (Phi) is 4.22. The van der Waals surface area contributed by atoms with Crippen LogP contribution in [0, 0.1) is 13.8 Å². The predicted octanol–water partition coefficient (Wildman–Crippen LogP) is 3.81.